The van der Waals surface area contributed by atoms with Gasteiger partial charge in [0.25, 0.3) is 0 Å². The summed E-state index contributed by atoms with van der Waals surface area (Å²) in [6.45, 7) is 4.56. The van der Waals surface area contributed by atoms with E-state index in [0.29, 0.717) is 6.61 Å². The molecule has 4 heteroatoms. The first-order valence-corrected chi connectivity index (χ1v) is 4.69. The molecule has 74 valence electrons. The number of hydrogen-bond donors (Lipinski definition) is 0. The summed E-state index contributed by atoms with van der Waals surface area (Å²) in [5.41, 5.74) is 0. The molecular formula is C9H17BO3. The number of hydrogen-bond acceptors (Lipinski definition) is 3. The summed E-state index contributed by atoms with van der Waals surface area (Å²) in [6, 6.07) is -0.205. The molecule has 1 aliphatic rings. The van der Waals surface area contributed by atoms with Gasteiger partial charge in [-0.15, -0.1) is 0 Å². The molecule has 1 fully saturated rings. The first kappa shape index (κ1) is 11.0. The van der Waals surface area contributed by atoms with E-state index >= 15 is 0 Å². The van der Waals surface area contributed by atoms with Crippen LogP contribution in [0.15, 0.2) is 0 Å². The van der Waals surface area contributed by atoms with Gasteiger partial charge in [-0.1, -0.05) is 0 Å². The van der Waals surface area contributed by atoms with Crippen molar-refractivity contribution in [1.82, 2.24) is 0 Å². The lowest BCUT2D eigenvalue weighted by atomic mass is 9.96. The molecule has 0 N–H and O–H groups in total. The molecule has 0 aliphatic carbocycles. The molecule has 3 nitrogen and oxygen atoms in total. The van der Waals surface area contributed by atoms with E-state index in [1.807, 2.05) is 13.8 Å². The van der Waals surface area contributed by atoms with Gasteiger partial charge in [-0.05, 0) is 20.3 Å². The molecule has 1 rings (SSSR count). The predicted octanol–water partition coefficient (Wildman–Crippen LogP) is 0.710. The van der Waals surface area contributed by atoms with Crippen molar-refractivity contribution in [3.05, 3.63) is 0 Å². The number of rotatable bonds is 4. The van der Waals surface area contributed by atoms with E-state index in [2.05, 4.69) is 0 Å². The fourth-order valence-electron chi connectivity index (χ4n) is 1.55. The molecule has 0 aromatic heterocycles. The van der Waals surface area contributed by atoms with E-state index in [1.165, 1.54) is 0 Å². The average Bonchev–Trinajstić information content (AvgIpc) is 2.31. The fourth-order valence-corrected chi connectivity index (χ4v) is 1.55. The second kappa shape index (κ2) is 4.98. The van der Waals surface area contributed by atoms with Crippen molar-refractivity contribution >= 4 is 7.85 Å². The van der Waals surface area contributed by atoms with Crippen LogP contribution in [0.3, 0.4) is 0 Å². The highest BCUT2D eigenvalue weighted by Crippen LogP contribution is 2.22. The second-order valence-corrected chi connectivity index (χ2v) is 3.63. The van der Waals surface area contributed by atoms with Crippen LogP contribution in [0.5, 0.6) is 0 Å². The fraction of sp³-hybridized carbons (Fsp3) is 1.00. The van der Waals surface area contributed by atoms with E-state index in [4.69, 9.17) is 22.1 Å². The van der Waals surface area contributed by atoms with Crippen LogP contribution in [0.4, 0.5) is 0 Å². The third-order valence-electron chi connectivity index (χ3n) is 2.01. The van der Waals surface area contributed by atoms with Gasteiger partial charge in [0.1, 0.15) is 14.0 Å². The van der Waals surface area contributed by atoms with Gasteiger partial charge < -0.3 is 14.2 Å². The van der Waals surface area contributed by atoms with Crippen LogP contribution in [-0.2, 0) is 14.2 Å². The van der Waals surface area contributed by atoms with Gasteiger partial charge in [-0.25, -0.2) is 0 Å². The molecule has 1 aliphatic heterocycles. The summed E-state index contributed by atoms with van der Waals surface area (Å²) in [5, 5.41) is 0. The Morgan fingerprint density at radius 1 is 1.54 bits per heavy atom. The highest BCUT2D eigenvalue weighted by molar-refractivity contribution is 6.11. The predicted molar refractivity (Wildman–Crippen MR) is 50.9 cm³/mol. The lowest BCUT2D eigenvalue weighted by molar-refractivity contribution is -0.0648. The van der Waals surface area contributed by atoms with Crippen LogP contribution < -0.4 is 0 Å². The first-order valence-electron chi connectivity index (χ1n) is 4.69. The van der Waals surface area contributed by atoms with Crippen molar-refractivity contribution in [1.29, 1.82) is 0 Å². The number of methoxy groups -OCH3 is 1. The first-order chi connectivity index (χ1) is 6.13. The largest absolute Gasteiger partial charge is 0.382 e. The van der Waals surface area contributed by atoms with Crippen LogP contribution in [-0.4, -0.2) is 45.9 Å². The van der Waals surface area contributed by atoms with E-state index in [1.54, 1.807) is 7.11 Å². The molecule has 0 aromatic rings. The Morgan fingerprint density at radius 3 is 2.77 bits per heavy atom. The smallest absolute Gasteiger partial charge is 0.109 e. The van der Waals surface area contributed by atoms with Gasteiger partial charge in [0, 0.05) is 13.1 Å². The van der Waals surface area contributed by atoms with Crippen molar-refractivity contribution in [2.24, 2.45) is 0 Å². The minimum Gasteiger partial charge on any atom is -0.382 e. The van der Waals surface area contributed by atoms with Crippen LogP contribution in [0.1, 0.15) is 20.3 Å². The summed E-state index contributed by atoms with van der Waals surface area (Å²) in [7, 11) is 7.32. The van der Waals surface area contributed by atoms with Crippen molar-refractivity contribution in [3.63, 3.8) is 0 Å². The zero-order valence-electron chi connectivity index (χ0n) is 8.53. The van der Waals surface area contributed by atoms with Crippen molar-refractivity contribution in [2.75, 3.05) is 13.7 Å². The van der Waals surface area contributed by atoms with Gasteiger partial charge in [0.2, 0.25) is 0 Å². The minimum absolute atomic E-state index is 0.0117. The summed E-state index contributed by atoms with van der Waals surface area (Å²) in [6.07, 6.45) is 1.03. The molecule has 0 spiro atoms. The third kappa shape index (κ3) is 3.29. The van der Waals surface area contributed by atoms with Crippen LogP contribution >= 0.6 is 0 Å². The van der Waals surface area contributed by atoms with Gasteiger partial charge in [-0.3, -0.25) is 0 Å². The standard InChI is InChI=1S/C9H17BO3/c1-6(2)12-7-4-9(10)13-8(7)5-11-3/h6-9H,4-5H2,1-3H3/t7?,8-,9-/m1/s1. The van der Waals surface area contributed by atoms with Crippen molar-refractivity contribution < 1.29 is 14.2 Å². The van der Waals surface area contributed by atoms with Gasteiger partial charge in [-0.2, -0.15) is 0 Å². The molecule has 1 saturated heterocycles. The zero-order valence-corrected chi connectivity index (χ0v) is 8.53. The Kier molecular flexibility index (Phi) is 4.23. The summed E-state index contributed by atoms with van der Waals surface area (Å²) in [5.74, 6) is 0. The normalized spacial score (nSPS) is 34.3. The van der Waals surface area contributed by atoms with Crippen molar-refractivity contribution in [2.45, 2.75) is 44.6 Å². The zero-order chi connectivity index (χ0) is 9.84. The van der Waals surface area contributed by atoms with Gasteiger partial charge in [0.15, 0.2) is 0 Å². The molecular weight excluding hydrogens is 167 g/mol. The quantitative estimate of drug-likeness (QED) is 0.602. The van der Waals surface area contributed by atoms with Gasteiger partial charge >= 0.3 is 0 Å². The molecule has 0 saturated carbocycles. The Balaban J connectivity index is 2.40. The maximum Gasteiger partial charge on any atom is 0.109 e. The summed E-state index contributed by atoms with van der Waals surface area (Å²) < 4.78 is 16.1. The monoisotopic (exact) mass is 184 g/mol. The van der Waals surface area contributed by atoms with E-state index in [-0.39, 0.29) is 24.3 Å². The molecule has 1 heterocycles. The van der Waals surface area contributed by atoms with Crippen LogP contribution in [0, 0.1) is 0 Å². The molecule has 0 bridgehead atoms. The highest BCUT2D eigenvalue weighted by Gasteiger charge is 2.33. The third-order valence-corrected chi connectivity index (χ3v) is 2.01. The second-order valence-electron chi connectivity index (χ2n) is 3.63. The average molecular weight is 184 g/mol. The highest BCUT2D eigenvalue weighted by atomic mass is 16.6. The molecule has 13 heavy (non-hydrogen) atoms. The van der Waals surface area contributed by atoms with Crippen molar-refractivity contribution in [3.8, 4) is 0 Å². The van der Waals surface area contributed by atoms with E-state index < -0.39 is 0 Å². The Morgan fingerprint density at radius 2 is 2.23 bits per heavy atom. The van der Waals surface area contributed by atoms with E-state index in [0.717, 1.165) is 6.42 Å². The molecule has 2 radical (unpaired) electrons. The minimum atomic E-state index is -0.205. The molecule has 0 aromatic carbocycles. The van der Waals surface area contributed by atoms with E-state index in [9.17, 15) is 0 Å². The lowest BCUT2D eigenvalue weighted by Crippen LogP contribution is -2.30. The summed E-state index contributed by atoms with van der Waals surface area (Å²) >= 11 is 0. The molecule has 3 atom stereocenters. The number of ether oxygens (including phenoxy) is 3. The summed E-state index contributed by atoms with van der Waals surface area (Å²) in [4.78, 5) is 0. The van der Waals surface area contributed by atoms with Gasteiger partial charge in [0.05, 0.1) is 18.8 Å². The Labute approximate surface area is 81.1 Å². The Hall–Kier alpha value is -0.0551. The molecule has 0 amide bonds. The van der Waals surface area contributed by atoms with Crippen LogP contribution in [0.2, 0.25) is 0 Å². The maximum absolute atomic E-state index is 5.66. The maximum atomic E-state index is 5.66. The van der Waals surface area contributed by atoms with Crippen LogP contribution in [0.25, 0.3) is 0 Å². The topological polar surface area (TPSA) is 27.7 Å². The lowest BCUT2D eigenvalue weighted by Gasteiger charge is -2.20. The SMILES string of the molecule is [B][C@H]1CC(OC(C)C)[C@@H](COC)O1. The molecule has 1 unspecified atom stereocenters. The Bertz CT molecular complexity index is 152.